The zero-order chi connectivity index (χ0) is 17.3. The Morgan fingerprint density at radius 2 is 2.08 bits per heavy atom. The van der Waals surface area contributed by atoms with Crippen LogP contribution in [0.4, 0.5) is 0 Å². The largest absolute Gasteiger partial charge is 0.358 e. The van der Waals surface area contributed by atoms with Gasteiger partial charge in [0.15, 0.2) is 0 Å². The summed E-state index contributed by atoms with van der Waals surface area (Å²) in [6.45, 7) is 9.16. The predicted molar refractivity (Wildman–Crippen MR) is 96.0 cm³/mol. The van der Waals surface area contributed by atoms with Gasteiger partial charge in [-0.15, -0.1) is 0 Å². The number of benzene rings is 1. The zero-order valence-electron chi connectivity index (χ0n) is 14.7. The smallest absolute Gasteiger partial charge is 0.240 e. The van der Waals surface area contributed by atoms with Gasteiger partial charge < -0.3 is 14.9 Å². The number of hydrogen-bond acceptors (Lipinski definition) is 2. The minimum atomic E-state index is -0.00245. The van der Waals surface area contributed by atoms with Gasteiger partial charge >= 0.3 is 0 Å². The molecule has 0 atom stereocenters. The predicted octanol–water partition coefficient (Wildman–Crippen LogP) is 3.17. The fourth-order valence-corrected chi connectivity index (χ4v) is 3.13. The molecule has 0 saturated heterocycles. The van der Waals surface area contributed by atoms with Crippen molar-refractivity contribution in [2.24, 2.45) is 0 Å². The summed E-state index contributed by atoms with van der Waals surface area (Å²) in [5.74, 6) is 0.927. The van der Waals surface area contributed by atoms with E-state index in [1.165, 1.54) is 22.2 Å². The van der Waals surface area contributed by atoms with E-state index in [2.05, 4.69) is 48.2 Å². The van der Waals surface area contributed by atoms with Gasteiger partial charge in [0.1, 0.15) is 12.4 Å². The summed E-state index contributed by atoms with van der Waals surface area (Å²) in [6, 6.07) is 4.32. The Morgan fingerprint density at radius 1 is 1.29 bits per heavy atom. The second-order valence-electron chi connectivity index (χ2n) is 6.32. The number of fused-ring (bicyclic) bond motifs is 1. The standard InChI is InChI=1S/C19H24N4O/c1-5-17-20-6-7-23(17)11-18(24)21-10-15-8-12(2)9-16-13(3)14(4)22-19(15)16/h6-9,22H,5,10-11H2,1-4H3,(H,21,24). The van der Waals surface area contributed by atoms with E-state index in [4.69, 9.17) is 0 Å². The second kappa shape index (κ2) is 6.51. The molecule has 2 N–H and O–H groups in total. The first-order valence-corrected chi connectivity index (χ1v) is 8.34. The molecule has 2 heterocycles. The highest BCUT2D eigenvalue weighted by molar-refractivity contribution is 5.88. The van der Waals surface area contributed by atoms with Gasteiger partial charge in [-0.2, -0.15) is 0 Å². The first-order valence-electron chi connectivity index (χ1n) is 8.34. The fraction of sp³-hybridized carbons (Fsp3) is 0.368. The highest BCUT2D eigenvalue weighted by Crippen LogP contribution is 2.25. The molecule has 2 aromatic heterocycles. The van der Waals surface area contributed by atoms with Gasteiger partial charge in [0.25, 0.3) is 0 Å². The number of carbonyl (C=O) groups excluding carboxylic acids is 1. The second-order valence-corrected chi connectivity index (χ2v) is 6.32. The molecule has 24 heavy (non-hydrogen) atoms. The molecule has 1 amide bonds. The highest BCUT2D eigenvalue weighted by Gasteiger charge is 2.11. The highest BCUT2D eigenvalue weighted by atomic mass is 16.1. The lowest BCUT2D eigenvalue weighted by Gasteiger charge is -2.10. The molecule has 0 spiro atoms. The van der Waals surface area contributed by atoms with Crippen molar-refractivity contribution in [1.82, 2.24) is 19.9 Å². The Morgan fingerprint density at radius 3 is 2.83 bits per heavy atom. The normalized spacial score (nSPS) is 11.2. The lowest BCUT2D eigenvalue weighted by Crippen LogP contribution is -2.27. The number of aromatic amines is 1. The van der Waals surface area contributed by atoms with Crippen LogP contribution in [-0.2, 0) is 24.3 Å². The Balaban J connectivity index is 1.76. The van der Waals surface area contributed by atoms with Crippen molar-refractivity contribution in [2.45, 2.75) is 47.2 Å². The molecule has 0 aliphatic rings. The summed E-state index contributed by atoms with van der Waals surface area (Å²) >= 11 is 0. The minimum Gasteiger partial charge on any atom is -0.358 e. The number of rotatable bonds is 5. The molecule has 0 aliphatic heterocycles. The van der Waals surface area contributed by atoms with Crippen molar-refractivity contribution < 1.29 is 4.79 Å². The number of H-pyrrole nitrogens is 1. The van der Waals surface area contributed by atoms with Gasteiger partial charge in [0, 0.05) is 36.4 Å². The van der Waals surface area contributed by atoms with Gasteiger partial charge in [-0.1, -0.05) is 18.6 Å². The molecular formula is C19H24N4O. The first-order chi connectivity index (χ1) is 11.5. The van der Waals surface area contributed by atoms with E-state index in [0.717, 1.165) is 23.3 Å². The van der Waals surface area contributed by atoms with Gasteiger partial charge in [-0.3, -0.25) is 4.79 Å². The molecule has 0 saturated carbocycles. The van der Waals surface area contributed by atoms with Crippen molar-refractivity contribution in [3.05, 3.63) is 52.7 Å². The molecular weight excluding hydrogens is 300 g/mol. The Labute approximate surface area is 142 Å². The van der Waals surface area contributed by atoms with Crippen LogP contribution in [0.15, 0.2) is 24.5 Å². The average Bonchev–Trinajstić information content (AvgIpc) is 3.11. The van der Waals surface area contributed by atoms with Crippen LogP contribution in [0.5, 0.6) is 0 Å². The number of nitrogens with one attached hydrogen (secondary N) is 2. The van der Waals surface area contributed by atoms with Crippen molar-refractivity contribution >= 4 is 16.8 Å². The first kappa shape index (κ1) is 16.3. The summed E-state index contributed by atoms with van der Waals surface area (Å²) in [7, 11) is 0. The SMILES string of the molecule is CCc1nccn1CC(=O)NCc1cc(C)cc2c(C)c(C)[nH]c12. The van der Waals surface area contributed by atoms with Crippen LogP contribution in [0.25, 0.3) is 10.9 Å². The fourth-order valence-electron chi connectivity index (χ4n) is 3.13. The van der Waals surface area contributed by atoms with E-state index < -0.39 is 0 Å². The Kier molecular flexibility index (Phi) is 4.42. The lowest BCUT2D eigenvalue weighted by atomic mass is 10.0. The molecule has 3 aromatic rings. The van der Waals surface area contributed by atoms with Crippen molar-refractivity contribution in [3.63, 3.8) is 0 Å². The number of carbonyl (C=O) groups is 1. The quantitative estimate of drug-likeness (QED) is 0.757. The van der Waals surface area contributed by atoms with E-state index in [0.29, 0.717) is 13.1 Å². The molecule has 0 fully saturated rings. The molecule has 5 heteroatoms. The Bertz CT molecular complexity index is 888. The maximum atomic E-state index is 12.3. The molecule has 0 aliphatic carbocycles. The van der Waals surface area contributed by atoms with Gasteiger partial charge in [0.05, 0.1) is 5.52 Å². The third-order valence-corrected chi connectivity index (χ3v) is 4.55. The number of nitrogens with zero attached hydrogens (tertiary/aromatic N) is 2. The van der Waals surface area contributed by atoms with Gasteiger partial charge in [-0.25, -0.2) is 4.98 Å². The number of aromatic nitrogens is 3. The summed E-state index contributed by atoms with van der Waals surface area (Å²) in [5.41, 5.74) is 5.89. The van der Waals surface area contributed by atoms with Crippen molar-refractivity contribution in [2.75, 3.05) is 0 Å². The van der Waals surface area contributed by atoms with Crippen LogP contribution in [0, 0.1) is 20.8 Å². The van der Waals surface area contributed by atoms with E-state index in [1.54, 1.807) is 6.20 Å². The van der Waals surface area contributed by atoms with Crippen LogP contribution in [0.3, 0.4) is 0 Å². The van der Waals surface area contributed by atoms with Crippen LogP contribution < -0.4 is 5.32 Å². The average molecular weight is 324 g/mol. The van der Waals surface area contributed by atoms with Crippen LogP contribution in [0.1, 0.15) is 35.1 Å². The molecule has 0 unspecified atom stereocenters. The summed E-state index contributed by atoms with van der Waals surface area (Å²) in [6.07, 6.45) is 4.40. The summed E-state index contributed by atoms with van der Waals surface area (Å²) in [5, 5.41) is 4.26. The van der Waals surface area contributed by atoms with E-state index in [9.17, 15) is 4.79 Å². The maximum Gasteiger partial charge on any atom is 0.240 e. The molecule has 0 radical (unpaired) electrons. The van der Waals surface area contributed by atoms with Crippen LogP contribution in [-0.4, -0.2) is 20.4 Å². The number of amides is 1. The van der Waals surface area contributed by atoms with E-state index in [-0.39, 0.29) is 5.91 Å². The van der Waals surface area contributed by atoms with Crippen LogP contribution >= 0.6 is 0 Å². The number of hydrogen-bond donors (Lipinski definition) is 2. The maximum absolute atomic E-state index is 12.3. The molecule has 126 valence electrons. The van der Waals surface area contributed by atoms with E-state index in [1.807, 2.05) is 17.7 Å². The van der Waals surface area contributed by atoms with Gasteiger partial charge in [-0.05, 0) is 38.0 Å². The zero-order valence-corrected chi connectivity index (χ0v) is 14.7. The monoisotopic (exact) mass is 324 g/mol. The van der Waals surface area contributed by atoms with Crippen molar-refractivity contribution in [3.8, 4) is 0 Å². The molecule has 3 rings (SSSR count). The minimum absolute atomic E-state index is 0.00245. The van der Waals surface area contributed by atoms with Crippen LogP contribution in [0.2, 0.25) is 0 Å². The van der Waals surface area contributed by atoms with Crippen molar-refractivity contribution in [1.29, 1.82) is 0 Å². The number of imidazole rings is 1. The lowest BCUT2D eigenvalue weighted by molar-refractivity contribution is -0.121. The Hall–Kier alpha value is -2.56. The topological polar surface area (TPSA) is 62.7 Å². The summed E-state index contributed by atoms with van der Waals surface area (Å²) < 4.78 is 1.89. The molecule has 5 nitrogen and oxygen atoms in total. The van der Waals surface area contributed by atoms with Gasteiger partial charge in [0.2, 0.25) is 5.91 Å². The number of aryl methyl sites for hydroxylation is 4. The van der Waals surface area contributed by atoms with E-state index >= 15 is 0 Å². The summed E-state index contributed by atoms with van der Waals surface area (Å²) in [4.78, 5) is 20.0. The molecule has 1 aromatic carbocycles. The third kappa shape index (κ3) is 3.07. The molecule has 0 bridgehead atoms. The third-order valence-electron chi connectivity index (χ3n) is 4.55.